The van der Waals surface area contributed by atoms with Gasteiger partial charge in [-0.1, -0.05) is 30.3 Å². The first-order valence-corrected chi connectivity index (χ1v) is 5.48. The summed E-state index contributed by atoms with van der Waals surface area (Å²) in [6.07, 6.45) is 0.907. The average Bonchev–Trinajstić information content (AvgIpc) is 3.07. The maximum atomic E-state index is 11.3. The molecule has 90 valence electrons. The molecule has 17 heavy (non-hydrogen) atoms. The number of carboxylic acid groups (broad SMARTS) is 1. The predicted octanol–water partition coefficient (Wildman–Crippen LogP) is 0.926. The fourth-order valence-corrected chi connectivity index (χ4v) is 1.80. The van der Waals surface area contributed by atoms with E-state index in [4.69, 9.17) is 5.11 Å². The summed E-state index contributed by atoms with van der Waals surface area (Å²) in [6, 6.07) is 9.64. The quantitative estimate of drug-likeness (QED) is 0.725. The normalized spacial score (nSPS) is 21.6. The van der Waals surface area contributed by atoms with Gasteiger partial charge in [-0.05, 0) is 12.0 Å². The zero-order valence-corrected chi connectivity index (χ0v) is 9.22. The number of hydrogen-bond acceptors (Lipinski definition) is 2. The third kappa shape index (κ3) is 3.21. The molecule has 3 N–H and O–H groups in total. The van der Waals surface area contributed by atoms with Gasteiger partial charge in [0, 0.05) is 12.0 Å². The summed E-state index contributed by atoms with van der Waals surface area (Å²) in [5.41, 5.74) is 1.20. The molecule has 5 nitrogen and oxygen atoms in total. The van der Waals surface area contributed by atoms with E-state index in [1.165, 1.54) is 5.56 Å². The molecule has 0 spiro atoms. The average molecular weight is 234 g/mol. The van der Waals surface area contributed by atoms with E-state index in [0.717, 1.165) is 6.42 Å². The SMILES string of the molecule is O=C(O)CNC(=O)N[C@@H]1C[C@@H]1c1ccccc1. The van der Waals surface area contributed by atoms with Crippen LogP contribution in [0.15, 0.2) is 30.3 Å². The van der Waals surface area contributed by atoms with Gasteiger partial charge in [-0.15, -0.1) is 0 Å². The first kappa shape index (κ1) is 11.4. The van der Waals surface area contributed by atoms with E-state index < -0.39 is 12.0 Å². The second-order valence-corrected chi connectivity index (χ2v) is 4.08. The molecule has 1 aromatic rings. The molecule has 0 radical (unpaired) electrons. The number of benzene rings is 1. The fraction of sp³-hybridized carbons (Fsp3) is 0.333. The second kappa shape index (κ2) is 4.86. The topological polar surface area (TPSA) is 78.4 Å². The highest BCUT2D eigenvalue weighted by Crippen LogP contribution is 2.40. The van der Waals surface area contributed by atoms with Crippen molar-refractivity contribution in [2.24, 2.45) is 0 Å². The molecule has 0 heterocycles. The highest BCUT2D eigenvalue weighted by atomic mass is 16.4. The Bertz CT molecular complexity index is 419. The van der Waals surface area contributed by atoms with Crippen LogP contribution in [0.2, 0.25) is 0 Å². The van der Waals surface area contributed by atoms with Gasteiger partial charge in [0.15, 0.2) is 0 Å². The number of carbonyl (C=O) groups excluding carboxylic acids is 1. The molecular formula is C12H14N2O3. The highest BCUT2D eigenvalue weighted by Gasteiger charge is 2.39. The van der Waals surface area contributed by atoms with Crippen LogP contribution >= 0.6 is 0 Å². The lowest BCUT2D eigenvalue weighted by Gasteiger charge is -2.05. The molecule has 0 saturated heterocycles. The fourth-order valence-electron chi connectivity index (χ4n) is 1.80. The molecule has 2 rings (SSSR count). The van der Waals surface area contributed by atoms with Crippen molar-refractivity contribution in [1.82, 2.24) is 10.6 Å². The molecule has 1 aliphatic rings. The van der Waals surface area contributed by atoms with Gasteiger partial charge < -0.3 is 15.7 Å². The van der Waals surface area contributed by atoms with Gasteiger partial charge in [0.2, 0.25) is 0 Å². The first-order chi connectivity index (χ1) is 8.16. The zero-order valence-electron chi connectivity index (χ0n) is 9.22. The molecule has 1 fully saturated rings. The molecule has 1 aliphatic carbocycles. The van der Waals surface area contributed by atoms with Gasteiger partial charge in [0.1, 0.15) is 6.54 Å². The zero-order chi connectivity index (χ0) is 12.3. The van der Waals surface area contributed by atoms with Crippen LogP contribution in [-0.2, 0) is 4.79 Å². The lowest BCUT2D eigenvalue weighted by atomic mass is 10.1. The Hall–Kier alpha value is -2.04. The van der Waals surface area contributed by atoms with Crippen LogP contribution in [0.3, 0.4) is 0 Å². The first-order valence-electron chi connectivity index (χ1n) is 5.48. The number of hydrogen-bond donors (Lipinski definition) is 3. The van der Waals surface area contributed by atoms with E-state index in [0.29, 0.717) is 5.92 Å². The second-order valence-electron chi connectivity index (χ2n) is 4.08. The molecule has 0 unspecified atom stereocenters. The van der Waals surface area contributed by atoms with Gasteiger partial charge in [-0.3, -0.25) is 4.79 Å². The lowest BCUT2D eigenvalue weighted by molar-refractivity contribution is -0.135. The van der Waals surface area contributed by atoms with Crippen molar-refractivity contribution >= 4 is 12.0 Å². The number of amides is 2. The maximum Gasteiger partial charge on any atom is 0.323 e. The van der Waals surface area contributed by atoms with Crippen molar-refractivity contribution in [3.05, 3.63) is 35.9 Å². The van der Waals surface area contributed by atoms with Crippen LogP contribution in [0.5, 0.6) is 0 Å². The Morgan fingerprint density at radius 1 is 1.29 bits per heavy atom. The van der Waals surface area contributed by atoms with E-state index >= 15 is 0 Å². The monoisotopic (exact) mass is 234 g/mol. The summed E-state index contributed by atoms with van der Waals surface area (Å²) in [6.45, 7) is -0.353. The van der Waals surface area contributed by atoms with Gasteiger partial charge in [0.25, 0.3) is 0 Å². The van der Waals surface area contributed by atoms with Crippen molar-refractivity contribution in [2.75, 3.05) is 6.54 Å². The molecular weight excluding hydrogens is 220 g/mol. The molecule has 5 heteroatoms. The van der Waals surface area contributed by atoms with E-state index in [-0.39, 0.29) is 12.6 Å². The van der Waals surface area contributed by atoms with Gasteiger partial charge in [-0.25, -0.2) is 4.79 Å². The van der Waals surface area contributed by atoms with Crippen LogP contribution in [0.1, 0.15) is 17.9 Å². The summed E-state index contributed by atoms with van der Waals surface area (Å²) >= 11 is 0. The van der Waals surface area contributed by atoms with Gasteiger partial charge >= 0.3 is 12.0 Å². The standard InChI is InChI=1S/C12H14N2O3/c15-11(16)7-13-12(17)14-10-6-9(10)8-4-2-1-3-5-8/h1-5,9-10H,6-7H2,(H,15,16)(H2,13,14,17)/t9-,10-/m1/s1. The molecule has 2 amide bonds. The largest absolute Gasteiger partial charge is 0.480 e. The van der Waals surface area contributed by atoms with E-state index in [1.54, 1.807) is 0 Å². The van der Waals surface area contributed by atoms with E-state index in [1.807, 2.05) is 30.3 Å². The summed E-state index contributed by atoms with van der Waals surface area (Å²) in [7, 11) is 0. The third-order valence-corrected chi connectivity index (χ3v) is 2.73. The summed E-state index contributed by atoms with van der Waals surface area (Å²) in [5.74, 6) is -0.692. The van der Waals surface area contributed by atoms with Crippen LogP contribution in [-0.4, -0.2) is 29.7 Å². The minimum absolute atomic E-state index is 0.117. The number of carboxylic acids is 1. The summed E-state index contributed by atoms with van der Waals surface area (Å²) in [5, 5.41) is 13.4. The number of rotatable bonds is 4. The molecule has 0 aromatic heterocycles. The van der Waals surface area contributed by atoms with Gasteiger partial charge in [0.05, 0.1) is 0 Å². The Balaban J connectivity index is 1.76. The van der Waals surface area contributed by atoms with Crippen LogP contribution in [0.4, 0.5) is 4.79 Å². The minimum atomic E-state index is -1.05. The van der Waals surface area contributed by atoms with Crippen LogP contribution in [0.25, 0.3) is 0 Å². The van der Waals surface area contributed by atoms with Crippen molar-refractivity contribution in [3.8, 4) is 0 Å². The molecule has 0 bridgehead atoms. The van der Waals surface area contributed by atoms with E-state index in [2.05, 4.69) is 10.6 Å². The number of aliphatic carboxylic acids is 1. The van der Waals surface area contributed by atoms with Crippen molar-refractivity contribution in [3.63, 3.8) is 0 Å². The summed E-state index contributed by atoms with van der Waals surface area (Å²) < 4.78 is 0. The van der Waals surface area contributed by atoms with Crippen molar-refractivity contribution in [1.29, 1.82) is 0 Å². The number of urea groups is 1. The highest BCUT2D eigenvalue weighted by molar-refractivity contribution is 5.80. The maximum absolute atomic E-state index is 11.3. The van der Waals surface area contributed by atoms with Crippen molar-refractivity contribution < 1.29 is 14.7 Å². The Morgan fingerprint density at radius 2 is 2.00 bits per heavy atom. The third-order valence-electron chi connectivity index (χ3n) is 2.73. The predicted molar refractivity (Wildman–Crippen MR) is 61.8 cm³/mol. The molecule has 2 atom stereocenters. The minimum Gasteiger partial charge on any atom is -0.480 e. The number of nitrogens with one attached hydrogen (secondary N) is 2. The van der Waals surface area contributed by atoms with Crippen LogP contribution < -0.4 is 10.6 Å². The number of carbonyl (C=O) groups is 2. The lowest BCUT2D eigenvalue weighted by Crippen LogP contribution is -2.39. The Labute approximate surface area is 98.8 Å². The van der Waals surface area contributed by atoms with Crippen LogP contribution in [0, 0.1) is 0 Å². The van der Waals surface area contributed by atoms with Crippen molar-refractivity contribution in [2.45, 2.75) is 18.4 Å². The Kier molecular flexibility index (Phi) is 3.27. The van der Waals surface area contributed by atoms with Gasteiger partial charge in [-0.2, -0.15) is 0 Å². The van der Waals surface area contributed by atoms with E-state index in [9.17, 15) is 9.59 Å². The molecule has 0 aliphatic heterocycles. The Morgan fingerprint density at radius 3 is 2.65 bits per heavy atom. The summed E-state index contributed by atoms with van der Waals surface area (Å²) in [4.78, 5) is 21.5. The smallest absolute Gasteiger partial charge is 0.323 e. The molecule has 1 saturated carbocycles. The molecule has 1 aromatic carbocycles.